The summed E-state index contributed by atoms with van der Waals surface area (Å²) in [5.74, 6) is 0.0689. The number of amides is 1. The molecule has 1 aliphatic rings. The molecule has 96 valence electrons. The van der Waals surface area contributed by atoms with Crippen LogP contribution in [0.2, 0.25) is 0 Å². The van der Waals surface area contributed by atoms with Crippen molar-refractivity contribution < 1.29 is 14.3 Å². The lowest BCUT2D eigenvalue weighted by Gasteiger charge is -2.31. The summed E-state index contributed by atoms with van der Waals surface area (Å²) < 4.78 is 10.0. The quantitative estimate of drug-likeness (QED) is 0.694. The summed E-state index contributed by atoms with van der Waals surface area (Å²) in [6.07, 6.45) is 0. The topological polar surface area (TPSA) is 50.8 Å². The number of carbonyl (C=O) groups is 1. The molecule has 0 spiro atoms. The summed E-state index contributed by atoms with van der Waals surface area (Å²) in [7, 11) is 1.61. The van der Waals surface area contributed by atoms with Crippen molar-refractivity contribution >= 4 is 18.3 Å². The second-order valence-electron chi connectivity index (χ2n) is 3.74. The molecule has 0 bridgehead atoms. The zero-order valence-corrected chi connectivity index (χ0v) is 10.7. The molecular formula is C10H21ClN2O3. The van der Waals surface area contributed by atoms with Crippen LogP contribution in [0, 0.1) is 0 Å². The minimum absolute atomic E-state index is 0. The number of halogens is 1. The van der Waals surface area contributed by atoms with Crippen molar-refractivity contribution in [3.8, 4) is 0 Å². The van der Waals surface area contributed by atoms with Gasteiger partial charge in [0.15, 0.2) is 0 Å². The van der Waals surface area contributed by atoms with Crippen molar-refractivity contribution in [3.05, 3.63) is 0 Å². The van der Waals surface area contributed by atoms with Gasteiger partial charge in [-0.3, -0.25) is 4.79 Å². The number of ether oxygens (including phenoxy) is 2. The summed E-state index contributed by atoms with van der Waals surface area (Å²) in [5, 5.41) is 3.29. The first-order valence-electron chi connectivity index (χ1n) is 5.32. The zero-order valence-electron chi connectivity index (χ0n) is 9.90. The molecule has 1 amide bonds. The molecule has 1 atom stereocenters. The van der Waals surface area contributed by atoms with Gasteiger partial charge in [0.05, 0.1) is 13.2 Å². The summed E-state index contributed by atoms with van der Waals surface area (Å²) >= 11 is 0. The molecular weight excluding hydrogens is 232 g/mol. The average Bonchev–Trinajstić information content (AvgIpc) is 2.24. The minimum Gasteiger partial charge on any atom is -0.382 e. The van der Waals surface area contributed by atoms with E-state index in [0.717, 1.165) is 19.6 Å². The minimum atomic E-state index is 0. The molecule has 1 heterocycles. The van der Waals surface area contributed by atoms with E-state index in [1.165, 1.54) is 0 Å². The normalized spacial score (nSPS) is 20.4. The number of hydrogen-bond donors (Lipinski definition) is 1. The number of hydrogen-bond acceptors (Lipinski definition) is 4. The van der Waals surface area contributed by atoms with Crippen LogP contribution in [0.5, 0.6) is 0 Å². The molecule has 1 unspecified atom stereocenters. The van der Waals surface area contributed by atoms with E-state index in [9.17, 15) is 4.79 Å². The Morgan fingerprint density at radius 1 is 1.50 bits per heavy atom. The van der Waals surface area contributed by atoms with Crippen molar-refractivity contribution in [2.45, 2.75) is 13.0 Å². The number of carbonyl (C=O) groups excluding carboxylic acids is 1. The Kier molecular flexibility index (Phi) is 8.56. The van der Waals surface area contributed by atoms with Crippen molar-refractivity contribution in [2.24, 2.45) is 0 Å². The maximum atomic E-state index is 11.6. The highest BCUT2D eigenvalue weighted by Gasteiger charge is 2.19. The average molecular weight is 253 g/mol. The van der Waals surface area contributed by atoms with Gasteiger partial charge in [0.2, 0.25) is 5.91 Å². The summed E-state index contributed by atoms with van der Waals surface area (Å²) in [5.41, 5.74) is 0. The van der Waals surface area contributed by atoms with Gasteiger partial charge in [-0.1, -0.05) is 0 Å². The highest BCUT2D eigenvalue weighted by molar-refractivity contribution is 5.85. The predicted octanol–water partition coefficient (Wildman–Crippen LogP) is -0.108. The van der Waals surface area contributed by atoms with E-state index in [2.05, 4.69) is 12.2 Å². The Labute approximate surface area is 103 Å². The Balaban J connectivity index is 0.00000225. The maximum absolute atomic E-state index is 11.6. The van der Waals surface area contributed by atoms with Gasteiger partial charge in [-0.15, -0.1) is 12.4 Å². The molecule has 1 saturated heterocycles. The van der Waals surface area contributed by atoms with E-state index in [0.29, 0.717) is 19.3 Å². The number of nitrogens with one attached hydrogen (secondary N) is 1. The Hall–Kier alpha value is -0.360. The van der Waals surface area contributed by atoms with Gasteiger partial charge in [0.25, 0.3) is 0 Å². The second-order valence-corrected chi connectivity index (χ2v) is 3.74. The monoisotopic (exact) mass is 252 g/mol. The fourth-order valence-electron chi connectivity index (χ4n) is 1.55. The van der Waals surface area contributed by atoms with E-state index in [-0.39, 0.29) is 24.9 Å². The molecule has 1 rings (SSSR count). The third kappa shape index (κ3) is 5.65. The fourth-order valence-corrected chi connectivity index (χ4v) is 1.55. The third-order valence-electron chi connectivity index (χ3n) is 2.38. The van der Waals surface area contributed by atoms with Crippen molar-refractivity contribution in [3.63, 3.8) is 0 Å². The van der Waals surface area contributed by atoms with Crippen LogP contribution in [0.1, 0.15) is 6.92 Å². The van der Waals surface area contributed by atoms with Crippen molar-refractivity contribution in [1.29, 1.82) is 0 Å². The molecule has 0 radical (unpaired) electrons. The van der Waals surface area contributed by atoms with Gasteiger partial charge in [-0.05, 0) is 6.92 Å². The van der Waals surface area contributed by atoms with Gasteiger partial charge < -0.3 is 19.7 Å². The molecule has 0 aromatic heterocycles. The Morgan fingerprint density at radius 2 is 2.25 bits per heavy atom. The molecule has 0 aromatic carbocycles. The lowest BCUT2D eigenvalue weighted by molar-refractivity contribution is -0.137. The van der Waals surface area contributed by atoms with E-state index in [1.807, 2.05) is 4.90 Å². The molecule has 1 aliphatic heterocycles. The third-order valence-corrected chi connectivity index (χ3v) is 2.38. The van der Waals surface area contributed by atoms with Crippen LogP contribution in [0.3, 0.4) is 0 Å². The highest BCUT2D eigenvalue weighted by Crippen LogP contribution is 1.99. The smallest absolute Gasteiger partial charge is 0.248 e. The number of piperazine rings is 1. The summed E-state index contributed by atoms with van der Waals surface area (Å²) in [6.45, 7) is 5.66. The van der Waals surface area contributed by atoms with Gasteiger partial charge in [0, 0.05) is 32.8 Å². The van der Waals surface area contributed by atoms with Crippen LogP contribution in [-0.4, -0.2) is 63.4 Å². The van der Waals surface area contributed by atoms with E-state index < -0.39 is 0 Å². The van der Waals surface area contributed by atoms with Crippen LogP contribution in [0.4, 0.5) is 0 Å². The van der Waals surface area contributed by atoms with Gasteiger partial charge in [-0.25, -0.2) is 0 Å². The molecule has 0 saturated carbocycles. The van der Waals surface area contributed by atoms with Gasteiger partial charge >= 0.3 is 0 Å². The number of nitrogens with zero attached hydrogens (tertiary/aromatic N) is 1. The lowest BCUT2D eigenvalue weighted by atomic mass is 10.2. The van der Waals surface area contributed by atoms with Crippen molar-refractivity contribution in [1.82, 2.24) is 10.2 Å². The van der Waals surface area contributed by atoms with E-state index in [1.54, 1.807) is 7.11 Å². The summed E-state index contributed by atoms with van der Waals surface area (Å²) in [4.78, 5) is 13.5. The summed E-state index contributed by atoms with van der Waals surface area (Å²) in [6, 6.07) is 0.377. The van der Waals surface area contributed by atoms with Gasteiger partial charge in [-0.2, -0.15) is 0 Å². The first kappa shape index (κ1) is 15.6. The first-order chi connectivity index (χ1) is 7.24. The molecule has 1 fully saturated rings. The molecule has 0 aliphatic carbocycles. The molecule has 5 nitrogen and oxygen atoms in total. The molecule has 0 aromatic rings. The largest absolute Gasteiger partial charge is 0.382 e. The molecule has 6 heteroatoms. The van der Waals surface area contributed by atoms with Crippen LogP contribution in [0.25, 0.3) is 0 Å². The number of rotatable bonds is 5. The highest BCUT2D eigenvalue weighted by atomic mass is 35.5. The maximum Gasteiger partial charge on any atom is 0.248 e. The van der Waals surface area contributed by atoms with Crippen LogP contribution in [0.15, 0.2) is 0 Å². The Bertz CT molecular complexity index is 205. The van der Waals surface area contributed by atoms with Gasteiger partial charge in [0.1, 0.15) is 6.61 Å². The first-order valence-corrected chi connectivity index (χ1v) is 5.32. The zero-order chi connectivity index (χ0) is 11.1. The SMILES string of the molecule is COCCOCC(=O)N1CCNC(C)C1.Cl. The standard InChI is InChI=1S/C10H20N2O3.ClH/c1-9-7-12(4-3-11-9)10(13)8-15-6-5-14-2;/h9,11H,3-8H2,1-2H3;1H. The Morgan fingerprint density at radius 3 is 2.88 bits per heavy atom. The number of methoxy groups -OCH3 is 1. The predicted molar refractivity (Wildman–Crippen MR) is 64.0 cm³/mol. The fraction of sp³-hybridized carbons (Fsp3) is 0.900. The van der Waals surface area contributed by atoms with Crippen molar-refractivity contribution in [2.75, 3.05) is 46.6 Å². The molecule has 16 heavy (non-hydrogen) atoms. The van der Waals surface area contributed by atoms with Crippen LogP contribution >= 0.6 is 12.4 Å². The molecule has 1 N–H and O–H groups in total. The lowest BCUT2D eigenvalue weighted by Crippen LogP contribution is -2.52. The van der Waals surface area contributed by atoms with E-state index in [4.69, 9.17) is 9.47 Å². The van der Waals surface area contributed by atoms with Crippen LogP contribution in [-0.2, 0) is 14.3 Å². The second kappa shape index (κ2) is 8.75. The van der Waals surface area contributed by atoms with E-state index >= 15 is 0 Å². The van der Waals surface area contributed by atoms with Crippen LogP contribution < -0.4 is 5.32 Å².